The van der Waals surface area contributed by atoms with Crippen molar-refractivity contribution in [3.05, 3.63) is 47.9 Å². The number of hydrogen-bond acceptors (Lipinski definition) is 6. The number of nitrogens with zero attached hydrogens (tertiary/aromatic N) is 4. The summed E-state index contributed by atoms with van der Waals surface area (Å²) in [4.78, 5) is 36.8. The number of aromatic amines is 1. The lowest BCUT2D eigenvalue weighted by Crippen LogP contribution is -2.15. The zero-order valence-electron chi connectivity index (χ0n) is 18.0. The van der Waals surface area contributed by atoms with Gasteiger partial charge in [0.1, 0.15) is 5.82 Å². The lowest BCUT2D eigenvalue weighted by Gasteiger charge is -2.07. The van der Waals surface area contributed by atoms with Gasteiger partial charge >= 0.3 is 5.97 Å². The second kappa shape index (κ2) is 7.60. The van der Waals surface area contributed by atoms with Gasteiger partial charge in [0.15, 0.2) is 11.6 Å². The van der Waals surface area contributed by atoms with Gasteiger partial charge in [-0.15, -0.1) is 0 Å². The quantitative estimate of drug-likeness (QED) is 0.469. The van der Waals surface area contributed by atoms with Gasteiger partial charge in [0, 0.05) is 35.8 Å². The van der Waals surface area contributed by atoms with Crippen LogP contribution in [0.5, 0.6) is 0 Å². The number of pyridine rings is 1. The van der Waals surface area contributed by atoms with Crippen molar-refractivity contribution in [1.29, 1.82) is 0 Å². The molecule has 1 aliphatic carbocycles. The third-order valence-electron chi connectivity index (χ3n) is 5.67. The molecule has 1 saturated carbocycles. The van der Waals surface area contributed by atoms with E-state index in [0.717, 1.165) is 35.5 Å². The molecule has 2 N–H and O–H groups in total. The Labute approximate surface area is 183 Å². The zero-order chi connectivity index (χ0) is 22.4. The second-order valence-corrected chi connectivity index (χ2v) is 7.93. The van der Waals surface area contributed by atoms with Crippen molar-refractivity contribution >= 4 is 28.6 Å². The summed E-state index contributed by atoms with van der Waals surface area (Å²) in [5.41, 5.74) is 3.44. The Bertz CT molecular complexity index is 1350. The molecule has 5 rings (SSSR count). The number of hydrogen-bond donors (Lipinski definition) is 2. The fraction of sp³-hybridized carbons (Fsp3) is 0.261. The number of amides is 1. The topological polar surface area (TPSA) is 115 Å². The number of anilines is 1. The number of esters is 1. The van der Waals surface area contributed by atoms with Crippen molar-refractivity contribution in [3.8, 4) is 22.6 Å². The standard InChI is InChI=1S/C23H22N6O3/c1-12-25-20(28-29(12)2)15-6-4-5-14(9-15)18-10-16-17(23(31)32-3)11-24-21(19(16)26-18)27-22(30)13-7-8-13/h4-6,9-11,13,26H,7-8H2,1-3H3,(H,24,27,30). The van der Waals surface area contributed by atoms with E-state index in [2.05, 4.69) is 25.4 Å². The number of ether oxygens (including phenoxy) is 1. The number of fused-ring (bicyclic) bond motifs is 1. The Hall–Kier alpha value is -4.01. The van der Waals surface area contributed by atoms with E-state index >= 15 is 0 Å². The maximum atomic E-state index is 12.3. The van der Waals surface area contributed by atoms with Crippen molar-refractivity contribution in [2.45, 2.75) is 19.8 Å². The van der Waals surface area contributed by atoms with E-state index in [1.54, 1.807) is 4.68 Å². The molecule has 1 fully saturated rings. The van der Waals surface area contributed by atoms with Crippen LogP contribution in [0.3, 0.4) is 0 Å². The molecule has 0 spiro atoms. The van der Waals surface area contributed by atoms with Crippen molar-refractivity contribution in [3.63, 3.8) is 0 Å². The van der Waals surface area contributed by atoms with Gasteiger partial charge in [0.25, 0.3) is 0 Å². The molecular formula is C23H22N6O3. The highest BCUT2D eigenvalue weighted by Crippen LogP contribution is 2.34. The Balaban J connectivity index is 1.60. The van der Waals surface area contributed by atoms with Gasteiger partial charge in [0.2, 0.25) is 5.91 Å². The molecule has 1 aliphatic rings. The molecule has 9 nitrogen and oxygen atoms in total. The Morgan fingerprint density at radius 1 is 1.22 bits per heavy atom. The molecule has 3 aromatic heterocycles. The van der Waals surface area contributed by atoms with Crippen LogP contribution in [0.4, 0.5) is 5.82 Å². The summed E-state index contributed by atoms with van der Waals surface area (Å²) in [7, 11) is 3.18. The summed E-state index contributed by atoms with van der Waals surface area (Å²) in [5, 5.41) is 7.97. The van der Waals surface area contributed by atoms with Crippen LogP contribution >= 0.6 is 0 Å². The van der Waals surface area contributed by atoms with Gasteiger partial charge in [-0.25, -0.2) is 14.8 Å². The number of benzene rings is 1. The molecule has 1 amide bonds. The number of aryl methyl sites for hydroxylation is 2. The van der Waals surface area contributed by atoms with Crippen LogP contribution in [0, 0.1) is 12.8 Å². The number of carbonyl (C=O) groups excluding carboxylic acids is 2. The maximum absolute atomic E-state index is 12.3. The highest BCUT2D eigenvalue weighted by molar-refractivity contribution is 6.10. The fourth-order valence-corrected chi connectivity index (χ4v) is 3.61. The van der Waals surface area contributed by atoms with Crippen molar-refractivity contribution in [1.82, 2.24) is 24.7 Å². The largest absolute Gasteiger partial charge is 0.465 e. The predicted octanol–water partition coefficient (Wildman–Crippen LogP) is 3.47. The van der Waals surface area contributed by atoms with E-state index in [9.17, 15) is 9.59 Å². The monoisotopic (exact) mass is 430 g/mol. The molecule has 32 heavy (non-hydrogen) atoms. The number of carbonyl (C=O) groups is 2. The SMILES string of the molecule is COC(=O)c1cnc(NC(=O)C2CC2)c2[nH]c(-c3cccc(-c4nc(C)n(C)n4)c3)cc12. The first-order chi connectivity index (χ1) is 15.4. The molecule has 0 atom stereocenters. The van der Waals surface area contributed by atoms with Gasteiger partial charge in [-0.05, 0) is 37.5 Å². The van der Waals surface area contributed by atoms with Crippen molar-refractivity contribution in [2.24, 2.45) is 13.0 Å². The predicted molar refractivity (Wildman–Crippen MR) is 119 cm³/mol. The summed E-state index contributed by atoms with van der Waals surface area (Å²) in [6, 6.07) is 9.68. The van der Waals surface area contributed by atoms with Crippen LogP contribution in [0.25, 0.3) is 33.5 Å². The van der Waals surface area contributed by atoms with Gasteiger partial charge in [0.05, 0.1) is 18.2 Å². The highest BCUT2D eigenvalue weighted by atomic mass is 16.5. The van der Waals surface area contributed by atoms with Crippen LogP contribution in [-0.2, 0) is 16.6 Å². The minimum Gasteiger partial charge on any atom is -0.465 e. The molecule has 0 bridgehead atoms. The Morgan fingerprint density at radius 3 is 2.69 bits per heavy atom. The fourth-order valence-electron chi connectivity index (χ4n) is 3.61. The second-order valence-electron chi connectivity index (χ2n) is 7.93. The molecule has 3 heterocycles. The van der Waals surface area contributed by atoms with Gasteiger partial charge in [-0.2, -0.15) is 5.10 Å². The summed E-state index contributed by atoms with van der Waals surface area (Å²) in [6.07, 6.45) is 3.21. The molecule has 162 valence electrons. The first kappa shape index (κ1) is 19.9. The average molecular weight is 430 g/mol. The zero-order valence-corrected chi connectivity index (χ0v) is 18.0. The summed E-state index contributed by atoms with van der Waals surface area (Å²) in [6.45, 7) is 1.90. The first-order valence-electron chi connectivity index (χ1n) is 10.3. The minimum atomic E-state index is -0.491. The number of H-pyrrole nitrogens is 1. The Kier molecular flexibility index (Phi) is 4.73. The Morgan fingerprint density at radius 2 is 2.00 bits per heavy atom. The van der Waals surface area contributed by atoms with Gasteiger partial charge in [-0.3, -0.25) is 9.48 Å². The van der Waals surface area contributed by atoms with E-state index in [-0.39, 0.29) is 11.8 Å². The average Bonchev–Trinajstić information content (AvgIpc) is 3.47. The number of nitrogens with one attached hydrogen (secondary N) is 2. The molecule has 9 heteroatoms. The summed E-state index contributed by atoms with van der Waals surface area (Å²) < 4.78 is 6.65. The molecule has 1 aromatic carbocycles. The minimum absolute atomic E-state index is 0.0348. The molecular weight excluding hydrogens is 408 g/mol. The smallest absolute Gasteiger partial charge is 0.340 e. The van der Waals surface area contributed by atoms with Gasteiger partial charge in [-0.1, -0.05) is 18.2 Å². The number of methoxy groups -OCH3 is 1. The third kappa shape index (κ3) is 3.51. The third-order valence-corrected chi connectivity index (χ3v) is 5.67. The van der Waals surface area contributed by atoms with E-state index < -0.39 is 5.97 Å². The normalized spacial score (nSPS) is 13.3. The van der Waals surface area contributed by atoms with Crippen LogP contribution in [0.15, 0.2) is 36.5 Å². The van der Waals surface area contributed by atoms with Crippen LogP contribution < -0.4 is 5.32 Å². The summed E-state index contributed by atoms with van der Waals surface area (Å²) in [5.74, 6) is 1.34. The number of rotatable bonds is 5. The van der Waals surface area contributed by atoms with Crippen molar-refractivity contribution in [2.75, 3.05) is 12.4 Å². The first-order valence-corrected chi connectivity index (χ1v) is 10.3. The van der Waals surface area contributed by atoms with Crippen LogP contribution in [0.1, 0.15) is 29.0 Å². The van der Waals surface area contributed by atoms with Crippen LogP contribution in [0.2, 0.25) is 0 Å². The maximum Gasteiger partial charge on any atom is 0.340 e. The molecule has 4 aromatic rings. The van der Waals surface area contributed by atoms with E-state index in [1.165, 1.54) is 13.3 Å². The highest BCUT2D eigenvalue weighted by Gasteiger charge is 2.30. The van der Waals surface area contributed by atoms with Gasteiger partial charge < -0.3 is 15.0 Å². The van der Waals surface area contributed by atoms with Crippen LogP contribution in [-0.4, -0.2) is 43.7 Å². The van der Waals surface area contributed by atoms with Crippen molar-refractivity contribution < 1.29 is 14.3 Å². The molecule has 0 unspecified atom stereocenters. The summed E-state index contributed by atoms with van der Waals surface area (Å²) >= 11 is 0. The lowest BCUT2D eigenvalue weighted by atomic mass is 10.1. The molecule has 0 saturated heterocycles. The van der Waals surface area contributed by atoms with E-state index in [4.69, 9.17) is 4.74 Å². The van der Waals surface area contributed by atoms with E-state index in [0.29, 0.717) is 28.1 Å². The molecule has 0 aliphatic heterocycles. The van der Waals surface area contributed by atoms with E-state index in [1.807, 2.05) is 44.3 Å². The molecule has 0 radical (unpaired) electrons. The number of aromatic nitrogens is 5. The lowest BCUT2D eigenvalue weighted by molar-refractivity contribution is -0.117.